The molecular formula is C9H14ClNO. The maximum atomic E-state index is 5.74. The van der Waals surface area contributed by atoms with E-state index < -0.39 is 0 Å². The van der Waals surface area contributed by atoms with Crippen LogP contribution in [0, 0.1) is 6.92 Å². The SMILES string of the molecule is CC.COc1ncc(C)cc1Cl. The summed E-state index contributed by atoms with van der Waals surface area (Å²) in [5, 5.41) is 0.558. The summed E-state index contributed by atoms with van der Waals surface area (Å²) in [5.74, 6) is 0.479. The minimum Gasteiger partial charge on any atom is -0.480 e. The summed E-state index contributed by atoms with van der Waals surface area (Å²) in [5.41, 5.74) is 1.03. The monoisotopic (exact) mass is 187 g/mol. The highest BCUT2D eigenvalue weighted by Crippen LogP contribution is 2.20. The van der Waals surface area contributed by atoms with Crippen LogP contribution >= 0.6 is 11.6 Å². The van der Waals surface area contributed by atoms with Crippen molar-refractivity contribution in [2.45, 2.75) is 20.8 Å². The molecule has 68 valence electrons. The molecule has 12 heavy (non-hydrogen) atoms. The predicted molar refractivity (Wildman–Crippen MR) is 51.9 cm³/mol. The van der Waals surface area contributed by atoms with Crippen molar-refractivity contribution in [3.63, 3.8) is 0 Å². The van der Waals surface area contributed by atoms with Crippen molar-refractivity contribution in [1.82, 2.24) is 4.98 Å². The lowest BCUT2D eigenvalue weighted by molar-refractivity contribution is 0.398. The van der Waals surface area contributed by atoms with Gasteiger partial charge in [0.2, 0.25) is 5.88 Å². The molecule has 0 radical (unpaired) electrons. The summed E-state index contributed by atoms with van der Waals surface area (Å²) in [6.07, 6.45) is 1.71. The lowest BCUT2D eigenvalue weighted by Crippen LogP contribution is -1.88. The van der Waals surface area contributed by atoms with Crippen molar-refractivity contribution >= 4 is 11.6 Å². The second-order valence-electron chi connectivity index (χ2n) is 2.00. The van der Waals surface area contributed by atoms with Crippen LogP contribution in [0.25, 0.3) is 0 Å². The third kappa shape index (κ3) is 3.09. The zero-order valence-corrected chi connectivity index (χ0v) is 8.64. The second-order valence-corrected chi connectivity index (χ2v) is 2.41. The fourth-order valence-corrected chi connectivity index (χ4v) is 0.969. The summed E-state index contributed by atoms with van der Waals surface area (Å²) in [6, 6.07) is 1.81. The fraction of sp³-hybridized carbons (Fsp3) is 0.444. The lowest BCUT2D eigenvalue weighted by atomic mass is 10.3. The first-order chi connectivity index (χ1) is 5.74. The number of pyridine rings is 1. The van der Waals surface area contributed by atoms with Gasteiger partial charge in [0.1, 0.15) is 5.02 Å². The molecular weight excluding hydrogens is 174 g/mol. The molecule has 0 aliphatic heterocycles. The van der Waals surface area contributed by atoms with Crippen LogP contribution in [-0.2, 0) is 0 Å². The Balaban J connectivity index is 0.000000561. The third-order valence-corrected chi connectivity index (χ3v) is 1.41. The number of halogens is 1. The van der Waals surface area contributed by atoms with Crippen molar-refractivity contribution in [3.05, 3.63) is 22.8 Å². The van der Waals surface area contributed by atoms with Crippen LogP contribution in [0.4, 0.5) is 0 Å². The smallest absolute Gasteiger partial charge is 0.232 e. The summed E-state index contributed by atoms with van der Waals surface area (Å²) < 4.78 is 4.86. The van der Waals surface area contributed by atoms with E-state index in [-0.39, 0.29) is 0 Å². The standard InChI is InChI=1S/C7H8ClNO.C2H6/c1-5-3-6(8)7(10-2)9-4-5;1-2/h3-4H,1-2H3;1-2H3. The first kappa shape index (κ1) is 11.2. The van der Waals surface area contributed by atoms with E-state index in [0.717, 1.165) is 5.56 Å². The number of aromatic nitrogens is 1. The van der Waals surface area contributed by atoms with Gasteiger partial charge >= 0.3 is 0 Å². The molecule has 0 bridgehead atoms. The topological polar surface area (TPSA) is 22.1 Å². The Kier molecular flexibility index (Phi) is 5.47. The van der Waals surface area contributed by atoms with Crippen molar-refractivity contribution in [2.75, 3.05) is 7.11 Å². The molecule has 1 heterocycles. The van der Waals surface area contributed by atoms with Crippen LogP contribution in [0.2, 0.25) is 5.02 Å². The van der Waals surface area contributed by atoms with Crippen LogP contribution in [0.15, 0.2) is 12.3 Å². The second kappa shape index (κ2) is 5.84. The zero-order valence-electron chi connectivity index (χ0n) is 7.89. The van der Waals surface area contributed by atoms with Gasteiger partial charge in [-0.15, -0.1) is 0 Å². The van der Waals surface area contributed by atoms with Gasteiger partial charge in [0.05, 0.1) is 7.11 Å². The van der Waals surface area contributed by atoms with E-state index in [1.54, 1.807) is 13.3 Å². The Labute approximate surface area is 78.5 Å². The van der Waals surface area contributed by atoms with Gasteiger partial charge in [-0.2, -0.15) is 0 Å². The van der Waals surface area contributed by atoms with E-state index in [1.807, 2.05) is 26.8 Å². The molecule has 0 unspecified atom stereocenters. The minimum absolute atomic E-state index is 0.479. The van der Waals surface area contributed by atoms with Gasteiger partial charge < -0.3 is 4.74 Å². The quantitative estimate of drug-likeness (QED) is 0.674. The van der Waals surface area contributed by atoms with Crippen molar-refractivity contribution in [3.8, 4) is 5.88 Å². The Hall–Kier alpha value is -0.760. The highest BCUT2D eigenvalue weighted by molar-refractivity contribution is 6.31. The molecule has 1 rings (SSSR count). The Bertz CT molecular complexity index is 238. The Morgan fingerprint density at radius 1 is 1.42 bits per heavy atom. The van der Waals surface area contributed by atoms with Crippen molar-refractivity contribution < 1.29 is 4.74 Å². The summed E-state index contributed by atoms with van der Waals surface area (Å²) in [6.45, 7) is 5.93. The predicted octanol–water partition coefficient (Wildman–Crippen LogP) is 3.08. The third-order valence-electron chi connectivity index (χ3n) is 1.14. The number of hydrogen-bond acceptors (Lipinski definition) is 2. The van der Waals surface area contributed by atoms with Gasteiger partial charge in [-0.3, -0.25) is 0 Å². The summed E-state index contributed by atoms with van der Waals surface area (Å²) in [7, 11) is 1.55. The summed E-state index contributed by atoms with van der Waals surface area (Å²) in [4.78, 5) is 3.94. The van der Waals surface area contributed by atoms with Crippen LogP contribution < -0.4 is 4.74 Å². The fourth-order valence-electron chi connectivity index (χ4n) is 0.671. The molecule has 1 aromatic rings. The number of methoxy groups -OCH3 is 1. The van der Waals surface area contributed by atoms with Crippen LogP contribution in [0.3, 0.4) is 0 Å². The Morgan fingerprint density at radius 2 is 2.00 bits per heavy atom. The average Bonchev–Trinajstić information content (AvgIpc) is 2.08. The molecule has 0 saturated heterocycles. The van der Waals surface area contributed by atoms with E-state index in [9.17, 15) is 0 Å². The molecule has 0 atom stereocenters. The summed E-state index contributed by atoms with van der Waals surface area (Å²) >= 11 is 5.74. The van der Waals surface area contributed by atoms with Crippen LogP contribution in [0.1, 0.15) is 19.4 Å². The van der Waals surface area contributed by atoms with Gasteiger partial charge in [0, 0.05) is 6.20 Å². The van der Waals surface area contributed by atoms with E-state index in [2.05, 4.69) is 4.98 Å². The molecule has 0 amide bonds. The van der Waals surface area contributed by atoms with Gasteiger partial charge in [0.15, 0.2) is 0 Å². The van der Waals surface area contributed by atoms with Crippen LogP contribution in [-0.4, -0.2) is 12.1 Å². The molecule has 0 spiro atoms. The van der Waals surface area contributed by atoms with Gasteiger partial charge in [-0.1, -0.05) is 25.4 Å². The number of nitrogens with zero attached hydrogens (tertiary/aromatic N) is 1. The van der Waals surface area contributed by atoms with E-state index >= 15 is 0 Å². The molecule has 0 aliphatic carbocycles. The number of aryl methyl sites for hydroxylation is 1. The maximum absolute atomic E-state index is 5.74. The first-order valence-electron chi connectivity index (χ1n) is 3.90. The molecule has 0 fully saturated rings. The van der Waals surface area contributed by atoms with Crippen LogP contribution in [0.5, 0.6) is 5.88 Å². The van der Waals surface area contributed by atoms with Gasteiger partial charge in [-0.25, -0.2) is 4.98 Å². The number of hydrogen-bond donors (Lipinski definition) is 0. The highest BCUT2D eigenvalue weighted by atomic mass is 35.5. The minimum atomic E-state index is 0.479. The first-order valence-corrected chi connectivity index (χ1v) is 4.28. The highest BCUT2D eigenvalue weighted by Gasteiger charge is 1.99. The number of ether oxygens (including phenoxy) is 1. The van der Waals surface area contributed by atoms with Crippen molar-refractivity contribution in [2.24, 2.45) is 0 Å². The largest absolute Gasteiger partial charge is 0.480 e. The average molecular weight is 188 g/mol. The normalized spacial score (nSPS) is 8.42. The van der Waals surface area contributed by atoms with E-state index in [4.69, 9.17) is 16.3 Å². The molecule has 2 nitrogen and oxygen atoms in total. The van der Waals surface area contributed by atoms with E-state index in [0.29, 0.717) is 10.9 Å². The zero-order chi connectivity index (χ0) is 9.56. The molecule has 0 N–H and O–H groups in total. The molecule has 0 saturated carbocycles. The molecule has 3 heteroatoms. The van der Waals surface area contributed by atoms with Gasteiger partial charge in [0.25, 0.3) is 0 Å². The molecule has 1 aromatic heterocycles. The molecule has 0 aromatic carbocycles. The van der Waals surface area contributed by atoms with Crippen molar-refractivity contribution in [1.29, 1.82) is 0 Å². The Morgan fingerprint density at radius 3 is 2.42 bits per heavy atom. The van der Waals surface area contributed by atoms with Gasteiger partial charge in [-0.05, 0) is 18.6 Å². The van der Waals surface area contributed by atoms with E-state index in [1.165, 1.54) is 0 Å². The lowest BCUT2D eigenvalue weighted by Gasteiger charge is -2.00. The molecule has 0 aliphatic rings. The maximum Gasteiger partial charge on any atom is 0.232 e. The number of rotatable bonds is 1.